The van der Waals surface area contributed by atoms with E-state index in [-0.39, 0.29) is 17.3 Å². The van der Waals surface area contributed by atoms with E-state index in [1.807, 2.05) is 24.3 Å². The Morgan fingerprint density at radius 2 is 1.87 bits per heavy atom. The van der Waals surface area contributed by atoms with Crippen molar-refractivity contribution in [2.75, 3.05) is 32.8 Å². The zero-order valence-electron chi connectivity index (χ0n) is 17.5. The SMILES string of the molecule is CC(C)(O)c1nc(-c2ncn3c2c(=O)n(CCN2CCOCC2)c2ccccc23)no1. The number of imidazole rings is 1. The highest BCUT2D eigenvalue weighted by atomic mass is 16.5. The van der Waals surface area contributed by atoms with Crippen LogP contribution in [-0.4, -0.2) is 66.9 Å². The molecule has 0 atom stereocenters. The van der Waals surface area contributed by atoms with E-state index < -0.39 is 5.60 Å². The van der Waals surface area contributed by atoms with Crippen molar-refractivity contribution in [2.45, 2.75) is 26.0 Å². The first kappa shape index (κ1) is 19.9. The van der Waals surface area contributed by atoms with Gasteiger partial charge in [-0.3, -0.25) is 14.1 Å². The third-order valence-electron chi connectivity index (χ3n) is 5.55. The third-order valence-corrected chi connectivity index (χ3v) is 5.55. The Hall–Kier alpha value is -3.08. The van der Waals surface area contributed by atoms with Crippen molar-refractivity contribution < 1.29 is 14.4 Å². The standard InChI is InChI=1S/C21H24N6O4/c1-21(2,29)20-23-18(24-31-20)16-17-19(28)26(8-7-25-9-11-30-12-10-25)14-5-3-4-6-15(14)27(17)13-22-16/h3-6,13,29H,7-12H2,1-2H3. The highest BCUT2D eigenvalue weighted by molar-refractivity contribution is 5.83. The van der Waals surface area contributed by atoms with Gasteiger partial charge in [0.15, 0.2) is 0 Å². The lowest BCUT2D eigenvalue weighted by Gasteiger charge is -2.27. The molecule has 3 aromatic heterocycles. The van der Waals surface area contributed by atoms with Crippen molar-refractivity contribution in [1.82, 2.24) is 29.0 Å². The number of rotatable bonds is 5. The van der Waals surface area contributed by atoms with Crippen molar-refractivity contribution >= 4 is 16.6 Å². The third kappa shape index (κ3) is 3.52. The summed E-state index contributed by atoms with van der Waals surface area (Å²) >= 11 is 0. The molecule has 0 radical (unpaired) electrons. The largest absolute Gasteiger partial charge is 0.381 e. The van der Waals surface area contributed by atoms with Crippen LogP contribution in [0, 0.1) is 0 Å². The summed E-state index contributed by atoms with van der Waals surface area (Å²) in [6.07, 6.45) is 1.60. The van der Waals surface area contributed by atoms with Crippen LogP contribution in [-0.2, 0) is 16.9 Å². The number of para-hydroxylation sites is 2. The first-order chi connectivity index (χ1) is 14.9. The lowest BCUT2D eigenvalue weighted by Crippen LogP contribution is -2.39. The molecule has 0 spiro atoms. The predicted molar refractivity (Wildman–Crippen MR) is 113 cm³/mol. The lowest BCUT2D eigenvalue weighted by atomic mass is 10.1. The molecule has 0 bridgehead atoms. The van der Waals surface area contributed by atoms with Crippen LogP contribution in [0.2, 0.25) is 0 Å². The van der Waals surface area contributed by atoms with Crippen molar-refractivity contribution in [2.24, 2.45) is 0 Å². The molecule has 162 valence electrons. The van der Waals surface area contributed by atoms with Crippen LogP contribution < -0.4 is 5.56 Å². The van der Waals surface area contributed by atoms with E-state index in [9.17, 15) is 9.90 Å². The maximum absolute atomic E-state index is 13.6. The van der Waals surface area contributed by atoms with Gasteiger partial charge in [-0.05, 0) is 26.0 Å². The Kier molecular flexibility index (Phi) is 4.84. The summed E-state index contributed by atoms with van der Waals surface area (Å²) in [6, 6.07) is 7.75. The number of benzene rings is 1. The Morgan fingerprint density at radius 3 is 2.58 bits per heavy atom. The molecule has 10 heteroatoms. The van der Waals surface area contributed by atoms with E-state index in [1.54, 1.807) is 29.1 Å². The highest BCUT2D eigenvalue weighted by Gasteiger charge is 2.27. The predicted octanol–water partition coefficient (Wildman–Crippen LogP) is 1.26. The summed E-state index contributed by atoms with van der Waals surface area (Å²) in [4.78, 5) is 24.6. The highest BCUT2D eigenvalue weighted by Crippen LogP contribution is 2.25. The monoisotopic (exact) mass is 424 g/mol. The number of nitrogens with zero attached hydrogens (tertiary/aromatic N) is 6. The molecule has 1 saturated heterocycles. The van der Waals surface area contributed by atoms with Gasteiger partial charge in [0.05, 0.1) is 24.2 Å². The number of ether oxygens (including phenoxy) is 1. The first-order valence-electron chi connectivity index (χ1n) is 10.3. The van der Waals surface area contributed by atoms with Gasteiger partial charge in [0.1, 0.15) is 23.1 Å². The Morgan fingerprint density at radius 1 is 1.13 bits per heavy atom. The van der Waals surface area contributed by atoms with Crippen LogP contribution in [0.4, 0.5) is 0 Å². The molecule has 0 amide bonds. The van der Waals surface area contributed by atoms with E-state index in [4.69, 9.17) is 9.26 Å². The van der Waals surface area contributed by atoms with E-state index >= 15 is 0 Å². The quantitative estimate of drug-likeness (QED) is 0.510. The van der Waals surface area contributed by atoms with Gasteiger partial charge in [0, 0.05) is 26.2 Å². The van der Waals surface area contributed by atoms with E-state index in [0.29, 0.717) is 31.0 Å². The number of aromatic nitrogens is 5. The minimum atomic E-state index is -1.29. The van der Waals surface area contributed by atoms with Crippen LogP contribution in [0.25, 0.3) is 28.1 Å². The molecule has 1 fully saturated rings. The molecular weight excluding hydrogens is 400 g/mol. The van der Waals surface area contributed by atoms with Crippen molar-refractivity contribution in [1.29, 1.82) is 0 Å². The molecule has 1 aliphatic heterocycles. The molecule has 1 N–H and O–H groups in total. The summed E-state index contributed by atoms with van der Waals surface area (Å²) in [5, 5.41) is 14.1. The molecule has 10 nitrogen and oxygen atoms in total. The second-order valence-corrected chi connectivity index (χ2v) is 8.19. The van der Waals surface area contributed by atoms with Gasteiger partial charge in [-0.2, -0.15) is 4.98 Å². The van der Waals surface area contributed by atoms with Gasteiger partial charge in [0.25, 0.3) is 11.4 Å². The zero-order valence-corrected chi connectivity index (χ0v) is 17.5. The first-order valence-corrected chi connectivity index (χ1v) is 10.3. The fourth-order valence-electron chi connectivity index (χ4n) is 3.89. The van der Waals surface area contributed by atoms with Gasteiger partial charge in [0.2, 0.25) is 5.82 Å². The number of hydrogen-bond acceptors (Lipinski definition) is 8. The molecule has 0 saturated carbocycles. The molecular formula is C21H24N6O4. The summed E-state index contributed by atoms with van der Waals surface area (Å²) in [6.45, 7) is 7.54. The maximum Gasteiger partial charge on any atom is 0.277 e. The van der Waals surface area contributed by atoms with Crippen molar-refractivity contribution in [3.8, 4) is 11.5 Å². The molecule has 5 rings (SSSR count). The van der Waals surface area contributed by atoms with E-state index in [0.717, 1.165) is 30.7 Å². The smallest absolute Gasteiger partial charge is 0.277 e. The molecule has 4 aromatic rings. The second-order valence-electron chi connectivity index (χ2n) is 8.19. The molecule has 0 aliphatic carbocycles. The summed E-state index contributed by atoms with van der Waals surface area (Å²) in [5.74, 6) is 0.240. The van der Waals surface area contributed by atoms with Crippen LogP contribution in [0.5, 0.6) is 0 Å². The van der Waals surface area contributed by atoms with Crippen LogP contribution in [0.3, 0.4) is 0 Å². The maximum atomic E-state index is 13.6. The molecule has 1 aliphatic rings. The summed E-state index contributed by atoms with van der Waals surface area (Å²) < 4.78 is 14.2. The van der Waals surface area contributed by atoms with Crippen LogP contribution >= 0.6 is 0 Å². The fraction of sp³-hybridized carbons (Fsp3) is 0.429. The summed E-state index contributed by atoms with van der Waals surface area (Å²) in [5.41, 5.74) is 0.950. The Balaban J connectivity index is 1.64. The average Bonchev–Trinajstić information content (AvgIpc) is 3.42. The topological polar surface area (TPSA) is 111 Å². The number of aliphatic hydroxyl groups is 1. The van der Waals surface area contributed by atoms with Gasteiger partial charge >= 0.3 is 0 Å². The van der Waals surface area contributed by atoms with Gasteiger partial charge < -0.3 is 18.9 Å². The number of hydrogen-bond donors (Lipinski definition) is 1. The molecule has 1 aromatic carbocycles. The fourth-order valence-corrected chi connectivity index (χ4v) is 3.89. The van der Waals surface area contributed by atoms with E-state index in [2.05, 4.69) is 20.0 Å². The van der Waals surface area contributed by atoms with Crippen molar-refractivity contribution in [3.63, 3.8) is 0 Å². The number of morpholine rings is 1. The minimum Gasteiger partial charge on any atom is -0.381 e. The molecule has 0 unspecified atom stereocenters. The number of fused-ring (bicyclic) bond motifs is 3. The average molecular weight is 424 g/mol. The lowest BCUT2D eigenvalue weighted by molar-refractivity contribution is 0.0364. The van der Waals surface area contributed by atoms with Gasteiger partial charge in [-0.15, -0.1) is 0 Å². The van der Waals surface area contributed by atoms with E-state index in [1.165, 1.54) is 0 Å². The Labute approximate surface area is 177 Å². The second kappa shape index (κ2) is 7.56. The van der Waals surface area contributed by atoms with Crippen molar-refractivity contribution in [3.05, 3.63) is 46.8 Å². The van der Waals surface area contributed by atoms with Gasteiger partial charge in [-0.25, -0.2) is 4.98 Å². The van der Waals surface area contributed by atoms with Crippen LogP contribution in [0.1, 0.15) is 19.7 Å². The zero-order chi connectivity index (χ0) is 21.6. The minimum absolute atomic E-state index is 0.0667. The molecule has 4 heterocycles. The molecule has 31 heavy (non-hydrogen) atoms. The normalized spacial score (nSPS) is 15.8. The van der Waals surface area contributed by atoms with Gasteiger partial charge in [-0.1, -0.05) is 17.3 Å². The Bertz CT molecular complexity index is 1290. The van der Waals surface area contributed by atoms with Crippen LogP contribution in [0.15, 0.2) is 39.9 Å². The summed E-state index contributed by atoms with van der Waals surface area (Å²) in [7, 11) is 0.